The minimum Gasteiger partial charge on any atom is -0.389 e. The van der Waals surface area contributed by atoms with Gasteiger partial charge in [-0.15, -0.1) is 11.3 Å². The Balaban J connectivity index is 2.24. The van der Waals surface area contributed by atoms with Crippen molar-refractivity contribution in [2.75, 3.05) is 40.5 Å². The highest BCUT2D eigenvalue weighted by Gasteiger charge is 2.16. The maximum absolute atomic E-state index is 9.86. The van der Waals surface area contributed by atoms with Gasteiger partial charge in [0.25, 0.3) is 0 Å². The Bertz CT molecular complexity index is 305. The van der Waals surface area contributed by atoms with Crippen molar-refractivity contribution in [3.05, 3.63) is 22.4 Å². The second-order valence-corrected chi connectivity index (χ2v) is 5.33. The van der Waals surface area contributed by atoms with Crippen molar-refractivity contribution >= 4 is 11.3 Å². The van der Waals surface area contributed by atoms with Crippen LogP contribution in [0.5, 0.6) is 0 Å². The van der Waals surface area contributed by atoms with E-state index in [1.54, 1.807) is 18.4 Å². The van der Waals surface area contributed by atoms with E-state index in [0.29, 0.717) is 32.4 Å². The van der Waals surface area contributed by atoms with E-state index in [4.69, 9.17) is 9.47 Å². The third-order valence-electron chi connectivity index (χ3n) is 2.86. The van der Waals surface area contributed by atoms with Crippen LogP contribution in [0, 0.1) is 0 Å². The van der Waals surface area contributed by atoms with Gasteiger partial charge in [-0.2, -0.15) is 0 Å². The SMILES string of the molecule is COCCOCC(O)CN(C)C(C)c1cccs1. The fraction of sp³-hybridized carbons (Fsp3) is 0.692. The van der Waals surface area contributed by atoms with Gasteiger partial charge >= 0.3 is 0 Å². The molecule has 0 aliphatic heterocycles. The molecular weight excluding hydrogens is 250 g/mol. The lowest BCUT2D eigenvalue weighted by Gasteiger charge is -2.26. The van der Waals surface area contributed by atoms with Crippen molar-refractivity contribution in [1.82, 2.24) is 4.90 Å². The van der Waals surface area contributed by atoms with Crippen LogP contribution < -0.4 is 0 Å². The van der Waals surface area contributed by atoms with E-state index in [-0.39, 0.29) is 0 Å². The molecule has 1 N–H and O–H groups in total. The number of rotatable bonds is 9. The molecule has 4 nitrogen and oxygen atoms in total. The van der Waals surface area contributed by atoms with E-state index in [1.165, 1.54) is 4.88 Å². The molecule has 104 valence electrons. The first-order valence-electron chi connectivity index (χ1n) is 6.13. The van der Waals surface area contributed by atoms with Crippen molar-refractivity contribution in [2.45, 2.75) is 19.1 Å². The summed E-state index contributed by atoms with van der Waals surface area (Å²) in [5.74, 6) is 0. The van der Waals surface area contributed by atoms with Crippen molar-refractivity contribution in [2.24, 2.45) is 0 Å². The van der Waals surface area contributed by atoms with Crippen LogP contribution in [-0.2, 0) is 9.47 Å². The lowest BCUT2D eigenvalue weighted by molar-refractivity contribution is -0.00142. The summed E-state index contributed by atoms with van der Waals surface area (Å²) in [7, 11) is 3.65. The van der Waals surface area contributed by atoms with Gasteiger partial charge < -0.3 is 14.6 Å². The zero-order valence-electron chi connectivity index (χ0n) is 11.3. The van der Waals surface area contributed by atoms with Crippen LogP contribution >= 0.6 is 11.3 Å². The highest BCUT2D eigenvalue weighted by molar-refractivity contribution is 7.10. The zero-order chi connectivity index (χ0) is 13.4. The standard InChI is InChI=1S/C13H23NO3S/c1-11(13-5-4-8-18-13)14(2)9-12(15)10-17-7-6-16-3/h4-5,8,11-12,15H,6-7,9-10H2,1-3H3. The van der Waals surface area contributed by atoms with Crippen LogP contribution in [-0.4, -0.2) is 56.6 Å². The van der Waals surface area contributed by atoms with Gasteiger partial charge in [-0.05, 0) is 25.4 Å². The molecular formula is C13H23NO3S. The van der Waals surface area contributed by atoms with E-state index in [0.717, 1.165) is 0 Å². The van der Waals surface area contributed by atoms with Crippen LogP contribution in [0.2, 0.25) is 0 Å². The van der Waals surface area contributed by atoms with E-state index < -0.39 is 6.10 Å². The first-order chi connectivity index (χ1) is 8.65. The monoisotopic (exact) mass is 273 g/mol. The number of methoxy groups -OCH3 is 1. The molecule has 0 radical (unpaired) electrons. The van der Waals surface area contributed by atoms with Crippen LogP contribution in [0.15, 0.2) is 17.5 Å². The van der Waals surface area contributed by atoms with Crippen LogP contribution in [0.1, 0.15) is 17.8 Å². The van der Waals surface area contributed by atoms with Crippen molar-refractivity contribution < 1.29 is 14.6 Å². The van der Waals surface area contributed by atoms with Gasteiger partial charge in [0.15, 0.2) is 0 Å². The third kappa shape index (κ3) is 5.46. The molecule has 0 aliphatic carbocycles. The molecule has 1 heterocycles. The molecule has 2 atom stereocenters. The number of ether oxygens (including phenoxy) is 2. The summed E-state index contributed by atoms with van der Waals surface area (Å²) in [6.07, 6.45) is -0.464. The molecule has 2 unspecified atom stereocenters. The molecule has 0 saturated carbocycles. The van der Waals surface area contributed by atoms with Crippen LogP contribution in [0.4, 0.5) is 0 Å². The number of hydrogen-bond donors (Lipinski definition) is 1. The fourth-order valence-corrected chi connectivity index (χ4v) is 2.50. The average molecular weight is 273 g/mol. The minimum atomic E-state index is -0.464. The number of nitrogens with zero attached hydrogens (tertiary/aromatic N) is 1. The van der Waals surface area contributed by atoms with Gasteiger partial charge in [-0.3, -0.25) is 4.90 Å². The molecule has 0 amide bonds. The molecule has 1 aromatic rings. The Labute approximate surface area is 113 Å². The molecule has 0 spiro atoms. The summed E-state index contributed by atoms with van der Waals surface area (Å²) in [5.41, 5.74) is 0. The minimum absolute atomic E-state index is 0.318. The largest absolute Gasteiger partial charge is 0.389 e. The molecule has 0 aliphatic rings. The summed E-state index contributed by atoms with van der Waals surface area (Å²) in [4.78, 5) is 3.45. The summed E-state index contributed by atoms with van der Waals surface area (Å²) >= 11 is 1.74. The highest BCUT2D eigenvalue weighted by atomic mass is 32.1. The van der Waals surface area contributed by atoms with E-state index in [2.05, 4.69) is 29.3 Å². The van der Waals surface area contributed by atoms with E-state index >= 15 is 0 Å². The first-order valence-corrected chi connectivity index (χ1v) is 7.01. The highest BCUT2D eigenvalue weighted by Crippen LogP contribution is 2.23. The smallest absolute Gasteiger partial charge is 0.0900 e. The molecule has 0 fully saturated rings. The number of aliphatic hydroxyl groups is 1. The van der Waals surface area contributed by atoms with Crippen LogP contribution in [0.3, 0.4) is 0 Å². The molecule has 1 aromatic heterocycles. The Morgan fingerprint density at radius 1 is 1.44 bits per heavy atom. The summed E-state index contributed by atoms with van der Waals surface area (Å²) in [6, 6.07) is 4.49. The van der Waals surface area contributed by atoms with Crippen molar-refractivity contribution in [1.29, 1.82) is 0 Å². The average Bonchev–Trinajstić information content (AvgIpc) is 2.87. The molecule has 0 bridgehead atoms. The Morgan fingerprint density at radius 3 is 2.83 bits per heavy atom. The van der Waals surface area contributed by atoms with E-state index in [9.17, 15) is 5.11 Å². The lowest BCUT2D eigenvalue weighted by Crippen LogP contribution is -2.34. The third-order valence-corrected chi connectivity index (χ3v) is 3.90. The lowest BCUT2D eigenvalue weighted by atomic mass is 10.2. The Kier molecular flexibility index (Phi) is 7.46. The van der Waals surface area contributed by atoms with Gasteiger partial charge in [0.2, 0.25) is 0 Å². The molecule has 5 heteroatoms. The van der Waals surface area contributed by atoms with Crippen molar-refractivity contribution in [3.63, 3.8) is 0 Å². The zero-order valence-corrected chi connectivity index (χ0v) is 12.2. The van der Waals surface area contributed by atoms with Gasteiger partial charge in [0.1, 0.15) is 0 Å². The van der Waals surface area contributed by atoms with Crippen molar-refractivity contribution in [3.8, 4) is 0 Å². The number of aliphatic hydroxyl groups excluding tert-OH is 1. The summed E-state index contributed by atoms with van der Waals surface area (Å²) in [5, 5.41) is 11.9. The molecule has 1 rings (SSSR count). The maximum atomic E-state index is 9.86. The molecule has 18 heavy (non-hydrogen) atoms. The summed E-state index contributed by atoms with van der Waals surface area (Å²) < 4.78 is 10.2. The predicted molar refractivity (Wildman–Crippen MR) is 74.1 cm³/mol. The predicted octanol–water partition coefficient (Wildman–Crippen LogP) is 1.76. The second kappa shape index (κ2) is 8.61. The topological polar surface area (TPSA) is 41.9 Å². The van der Waals surface area contributed by atoms with E-state index in [1.807, 2.05) is 7.05 Å². The molecule has 0 saturated heterocycles. The number of likely N-dealkylation sites (N-methyl/N-ethyl adjacent to an activating group) is 1. The first kappa shape index (κ1) is 15.6. The van der Waals surface area contributed by atoms with Gasteiger partial charge in [0, 0.05) is 24.6 Å². The quantitative estimate of drug-likeness (QED) is 0.696. The Hall–Kier alpha value is -0.460. The summed E-state index contributed by atoms with van der Waals surface area (Å²) in [6.45, 7) is 4.19. The number of hydrogen-bond acceptors (Lipinski definition) is 5. The maximum Gasteiger partial charge on any atom is 0.0900 e. The van der Waals surface area contributed by atoms with Gasteiger partial charge in [-0.1, -0.05) is 6.07 Å². The fourth-order valence-electron chi connectivity index (χ4n) is 1.65. The Morgan fingerprint density at radius 2 is 2.22 bits per heavy atom. The normalized spacial score (nSPS) is 14.9. The second-order valence-electron chi connectivity index (χ2n) is 4.35. The number of thiophene rings is 1. The van der Waals surface area contributed by atoms with Gasteiger partial charge in [-0.25, -0.2) is 0 Å². The van der Waals surface area contributed by atoms with Gasteiger partial charge in [0.05, 0.1) is 25.9 Å². The van der Waals surface area contributed by atoms with Crippen LogP contribution in [0.25, 0.3) is 0 Å². The molecule has 0 aromatic carbocycles.